The van der Waals surface area contributed by atoms with Crippen LogP contribution in [0.3, 0.4) is 0 Å². The summed E-state index contributed by atoms with van der Waals surface area (Å²) in [6.45, 7) is 16.5. The van der Waals surface area contributed by atoms with E-state index in [1.54, 1.807) is 0 Å². The van der Waals surface area contributed by atoms with Gasteiger partial charge in [-0.3, -0.25) is 0 Å². The molecule has 1 aliphatic carbocycles. The van der Waals surface area contributed by atoms with Crippen LogP contribution >= 0.6 is 0 Å². The first-order valence-electron chi connectivity index (χ1n) is 17.3. The molecule has 2 heterocycles. The number of allylic oxidation sites excluding steroid dienone is 7. The van der Waals surface area contributed by atoms with E-state index in [2.05, 4.69) is 124 Å². The van der Waals surface area contributed by atoms with Crippen LogP contribution in [-0.4, -0.2) is 53.7 Å². The molecule has 0 radical (unpaired) electrons. The molecule has 7 heteroatoms. The molecule has 2 aromatic rings. The molecule has 0 fully saturated rings. The number of carbonyl (C=O) groups is 2. The summed E-state index contributed by atoms with van der Waals surface area (Å²) >= 11 is 0. The number of benzene rings is 2. The molecular formula is C41H52N3O4+. The van der Waals surface area contributed by atoms with Gasteiger partial charge in [-0.05, 0) is 82.2 Å². The van der Waals surface area contributed by atoms with Crippen molar-refractivity contribution < 1.29 is 23.6 Å². The maximum absolute atomic E-state index is 13.9. The van der Waals surface area contributed by atoms with E-state index in [0.717, 1.165) is 27.5 Å². The smallest absolute Gasteiger partial charge is 0.424 e. The molecule has 5 rings (SSSR count). The van der Waals surface area contributed by atoms with Crippen molar-refractivity contribution in [1.82, 2.24) is 4.90 Å². The van der Waals surface area contributed by atoms with Crippen molar-refractivity contribution in [2.24, 2.45) is 0 Å². The van der Waals surface area contributed by atoms with E-state index < -0.39 is 12.2 Å². The molecule has 254 valence electrons. The van der Waals surface area contributed by atoms with Gasteiger partial charge in [-0.2, -0.15) is 9.48 Å². The van der Waals surface area contributed by atoms with Crippen LogP contribution in [0.2, 0.25) is 0 Å². The van der Waals surface area contributed by atoms with Gasteiger partial charge in [0.15, 0.2) is 5.71 Å². The number of likely N-dealkylation sites (N-methyl/N-ethyl adjacent to an activating group) is 1. The van der Waals surface area contributed by atoms with Gasteiger partial charge < -0.3 is 14.4 Å². The van der Waals surface area contributed by atoms with E-state index in [1.165, 1.54) is 22.5 Å². The Kier molecular flexibility index (Phi) is 9.91. The number of anilines is 1. The molecule has 0 aromatic heterocycles. The van der Waals surface area contributed by atoms with Crippen molar-refractivity contribution in [2.45, 2.75) is 104 Å². The topological polar surface area (TPSA) is 62.1 Å². The van der Waals surface area contributed by atoms with E-state index in [4.69, 9.17) is 9.47 Å². The van der Waals surface area contributed by atoms with Crippen molar-refractivity contribution in [3.8, 4) is 0 Å². The zero-order valence-corrected chi connectivity index (χ0v) is 30.4. The van der Waals surface area contributed by atoms with Gasteiger partial charge >= 0.3 is 12.2 Å². The van der Waals surface area contributed by atoms with Crippen LogP contribution < -0.4 is 4.90 Å². The summed E-state index contributed by atoms with van der Waals surface area (Å²) in [5.74, 6) is 0. The number of nitrogens with zero attached hydrogens (tertiary/aromatic N) is 3. The highest BCUT2D eigenvalue weighted by Crippen LogP contribution is 2.47. The second kappa shape index (κ2) is 13.6. The fourth-order valence-electron chi connectivity index (χ4n) is 7.16. The summed E-state index contributed by atoms with van der Waals surface area (Å²) in [4.78, 5) is 31.2. The Morgan fingerprint density at radius 1 is 0.854 bits per heavy atom. The highest BCUT2D eigenvalue weighted by Gasteiger charge is 2.43. The number of para-hydroxylation sites is 2. The van der Waals surface area contributed by atoms with Gasteiger partial charge in [-0.1, -0.05) is 76.2 Å². The third-order valence-corrected chi connectivity index (χ3v) is 10.4. The second-order valence-corrected chi connectivity index (χ2v) is 14.3. The lowest BCUT2D eigenvalue weighted by Crippen LogP contribution is -2.40. The molecule has 2 atom stereocenters. The Balaban J connectivity index is 1.65. The number of fused-ring (bicyclic) bond motifs is 2. The number of imide groups is 1. The molecule has 2 amide bonds. The van der Waals surface area contributed by atoms with E-state index >= 15 is 0 Å². The second-order valence-electron chi connectivity index (χ2n) is 14.3. The van der Waals surface area contributed by atoms with Gasteiger partial charge in [0.2, 0.25) is 5.69 Å². The number of ether oxygens (including phenoxy) is 2. The molecule has 7 nitrogen and oxygen atoms in total. The van der Waals surface area contributed by atoms with Crippen LogP contribution in [0.4, 0.5) is 21.0 Å². The van der Waals surface area contributed by atoms with Crippen LogP contribution in [0.1, 0.15) is 92.2 Å². The molecule has 2 unspecified atom stereocenters. The summed E-state index contributed by atoms with van der Waals surface area (Å²) in [7, 11) is 4.18. The Morgan fingerprint density at radius 2 is 1.44 bits per heavy atom. The predicted molar refractivity (Wildman–Crippen MR) is 194 cm³/mol. The summed E-state index contributed by atoms with van der Waals surface area (Å²) in [6, 6.07) is 16.9. The fraction of sp³-hybridized carbons (Fsp3) is 0.439. The highest BCUT2D eigenvalue weighted by atomic mass is 16.6. The third-order valence-electron chi connectivity index (χ3n) is 10.4. The Labute approximate surface area is 286 Å². The standard InChI is InChI=1S/C41H52N3O4/c1-11-27(3)47-38(45)44(39(46)48-28(4)12-2)37-29(23-25-35-40(5,6)31-17-13-15-19-33(31)42(35)9)21-22-30(37)24-26-36-41(7,8)32-18-14-16-20-34(32)43(36)10/h13-20,23-28H,11-12,21-22H2,1-10H3/q+1. The minimum Gasteiger partial charge on any atom is -0.446 e. The van der Waals surface area contributed by atoms with Crippen LogP contribution in [-0.2, 0) is 20.3 Å². The maximum Gasteiger partial charge on any atom is 0.424 e. The molecular weight excluding hydrogens is 598 g/mol. The molecule has 0 saturated carbocycles. The minimum absolute atomic E-state index is 0.220. The van der Waals surface area contributed by atoms with Crippen molar-refractivity contribution in [3.63, 3.8) is 0 Å². The quantitative estimate of drug-likeness (QED) is 0.266. The summed E-state index contributed by atoms with van der Waals surface area (Å²) in [5, 5.41) is 0. The molecule has 48 heavy (non-hydrogen) atoms. The first kappa shape index (κ1) is 34.9. The van der Waals surface area contributed by atoms with Crippen LogP contribution in [0.15, 0.2) is 95.4 Å². The normalized spacial score (nSPS) is 20.8. The number of rotatable bonds is 8. The van der Waals surface area contributed by atoms with Crippen LogP contribution in [0.5, 0.6) is 0 Å². The molecule has 0 spiro atoms. The van der Waals surface area contributed by atoms with E-state index in [9.17, 15) is 9.59 Å². The minimum atomic E-state index is -0.719. The highest BCUT2D eigenvalue weighted by molar-refractivity contribution is 6.03. The molecule has 0 bridgehead atoms. The molecule has 2 aromatic carbocycles. The first-order valence-corrected chi connectivity index (χ1v) is 17.3. The van der Waals surface area contributed by atoms with Gasteiger partial charge in [0.05, 0.1) is 11.1 Å². The number of amides is 2. The average Bonchev–Trinajstić information content (AvgIpc) is 3.60. The van der Waals surface area contributed by atoms with E-state index in [-0.39, 0.29) is 23.0 Å². The van der Waals surface area contributed by atoms with Gasteiger partial charge in [-0.15, -0.1) is 0 Å². The van der Waals surface area contributed by atoms with Crippen molar-refractivity contribution in [3.05, 3.63) is 107 Å². The largest absolute Gasteiger partial charge is 0.446 e. The lowest BCUT2D eigenvalue weighted by molar-refractivity contribution is -0.401. The molecule has 0 saturated heterocycles. The lowest BCUT2D eigenvalue weighted by atomic mass is 9.81. The zero-order valence-electron chi connectivity index (χ0n) is 30.4. The van der Waals surface area contributed by atoms with E-state index in [1.807, 2.05) is 27.7 Å². The van der Waals surface area contributed by atoms with Gasteiger partial charge in [0.25, 0.3) is 0 Å². The summed E-state index contributed by atoms with van der Waals surface area (Å²) < 4.78 is 13.8. The SMILES string of the molecule is CCC(C)OC(=O)N(C(=O)OC(C)CC)C1=C(/C=C/C2=[N+](C)c3ccccc3C2(C)C)CC/C1=C\C=C1\N(C)c2ccccc2C1(C)C. The van der Waals surface area contributed by atoms with Crippen LogP contribution in [0, 0.1) is 0 Å². The van der Waals surface area contributed by atoms with Gasteiger partial charge in [-0.25, -0.2) is 9.59 Å². The van der Waals surface area contributed by atoms with Crippen LogP contribution in [0.25, 0.3) is 0 Å². The Morgan fingerprint density at radius 3 is 2.02 bits per heavy atom. The summed E-state index contributed by atoms with van der Waals surface area (Å²) in [5.41, 5.74) is 9.03. The van der Waals surface area contributed by atoms with Crippen molar-refractivity contribution in [1.29, 1.82) is 0 Å². The predicted octanol–water partition coefficient (Wildman–Crippen LogP) is 9.71. The maximum atomic E-state index is 13.9. The van der Waals surface area contributed by atoms with E-state index in [0.29, 0.717) is 31.4 Å². The fourth-order valence-corrected chi connectivity index (χ4v) is 7.16. The zero-order chi connectivity index (χ0) is 35.0. The van der Waals surface area contributed by atoms with Crippen molar-refractivity contribution in [2.75, 3.05) is 19.0 Å². The molecule has 0 N–H and O–H groups in total. The van der Waals surface area contributed by atoms with Crippen molar-refractivity contribution >= 4 is 29.3 Å². The van der Waals surface area contributed by atoms with Gasteiger partial charge in [0, 0.05) is 41.6 Å². The molecule has 2 aliphatic heterocycles. The van der Waals surface area contributed by atoms with Gasteiger partial charge in [0.1, 0.15) is 19.3 Å². The number of hydrogen-bond acceptors (Lipinski definition) is 5. The number of carbonyl (C=O) groups excluding carboxylic acids is 2. The lowest BCUT2D eigenvalue weighted by Gasteiger charge is -2.26. The molecule has 3 aliphatic rings. The summed E-state index contributed by atoms with van der Waals surface area (Å²) in [6.07, 6.45) is 8.84. The Bertz CT molecular complexity index is 1730. The monoisotopic (exact) mass is 650 g/mol. The third kappa shape index (κ3) is 6.27. The first-order chi connectivity index (χ1) is 22.7. The number of hydrogen-bond donors (Lipinski definition) is 0. The average molecular weight is 651 g/mol. The Hall–Kier alpha value is -4.39.